The number of carbonyl (C=O) groups excluding carboxylic acids is 3. The molecular weight excluding hydrogens is 423 g/mol. The second-order valence-corrected chi connectivity index (χ2v) is 7.70. The summed E-state index contributed by atoms with van der Waals surface area (Å²) in [7, 11) is 0. The molecule has 0 aromatic heterocycles. The Balaban J connectivity index is 1.54. The number of halogens is 1. The molecule has 1 saturated heterocycles. The minimum Gasteiger partial charge on any atom is -0.489 e. The number of nitrogens with one attached hydrogen (secondary N) is 1. The number of imide groups is 2. The van der Waals surface area contributed by atoms with Crippen LogP contribution in [0.3, 0.4) is 0 Å². The van der Waals surface area contributed by atoms with Gasteiger partial charge in [0, 0.05) is 5.56 Å². The zero-order chi connectivity index (χ0) is 23.5. The van der Waals surface area contributed by atoms with Crippen LogP contribution in [0.25, 0.3) is 6.08 Å². The maximum Gasteiger partial charge on any atom is 0.335 e. The lowest BCUT2D eigenvalue weighted by atomic mass is 10.0. The van der Waals surface area contributed by atoms with E-state index >= 15 is 0 Å². The maximum absolute atomic E-state index is 13.7. The van der Waals surface area contributed by atoms with Crippen molar-refractivity contribution < 1.29 is 23.5 Å². The Hall–Kier alpha value is -4.26. The maximum atomic E-state index is 13.7. The topological polar surface area (TPSA) is 75.7 Å². The zero-order valence-electron chi connectivity index (χ0n) is 18.1. The van der Waals surface area contributed by atoms with Crippen LogP contribution >= 0.6 is 0 Å². The van der Waals surface area contributed by atoms with Crippen molar-refractivity contribution in [2.75, 3.05) is 4.90 Å². The summed E-state index contributed by atoms with van der Waals surface area (Å²) in [6.45, 7) is 3.77. The normalized spacial score (nSPS) is 15.1. The summed E-state index contributed by atoms with van der Waals surface area (Å²) in [5.41, 5.74) is 2.99. The number of carbonyl (C=O) groups is 3. The number of hydrogen-bond donors (Lipinski definition) is 1. The van der Waals surface area contributed by atoms with Crippen LogP contribution in [0.4, 0.5) is 14.9 Å². The van der Waals surface area contributed by atoms with Crippen molar-refractivity contribution in [3.05, 3.63) is 100 Å². The van der Waals surface area contributed by atoms with Gasteiger partial charge in [0.1, 0.15) is 23.7 Å². The summed E-state index contributed by atoms with van der Waals surface area (Å²) in [5, 5.41) is 2.22. The Labute approximate surface area is 190 Å². The number of ether oxygens (including phenoxy) is 1. The summed E-state index contributed by atoms with van der Waals surface area (Å²) in [6.07, 6.45) is 1.42. The van der Waals surface area contributed by atoms with Crippen molar-refractivity contribution in [2.45, 2.75) is 20.5 Å². The van der Waals surface area contributed by atoms with E-state index in [1.807, 2.05) is 13.0 Å². The van der Waals surface area contributed by atoms with Crippen molar-refractivity contribution in [3.63, 3.8) is 0 Å². The van der Waals surface area contributed by atoms with E-state index < -0.39 is 17.8 Å². The van der Waals surface area contributed by atoms with Gasteiger partial charge in [-0.3, -0.25) is 14.9 Å². The first-order valence-corrected chi connectivity index (χ1v) is 10.3. The zero-order valence-corrected chi connectivity index (χ0v) is 18.1. The van der Waals surface area contributed by atoms with Gasteiger partial charge in [0.2, 0.25) is 0 Å². The summed E-state index contributed by atoms with van der Waals surface area (Å²) >= 11 is 0. The molecule has 4 rings (SSSR count). The minimum atomic E-state index is -0.786. The second-order valence-electron chi connectivity index (χ2n) is 7.70. The molecule has 3 aromatic carbocycles. The van der Waals surface area contributed by atoms with Crippen LogP contribution in [-0.2, 0) is 16.2 Å². The number of benzene rings is 3. The molecule has 166 valence electrons. The molecule has 0 unspecified atom stereocenters. The summed E-state index contributed by atoms with van der Waals surface area (Å²) in [5.74, 6) is -1.29. The highest BCUT2D eigenvalue weighted by atomic mass is 19.1. The lowest BCUT2D eigenvalue weighted by Gasteiger charge is -2.27. The first-order valence-electron chi connectivity index (χ1n) is 10.3. The lowest BCUT2D eigenvalue weighted by Crippen LogP contribution is -2.54. The van der Waals surface area contributed by atoms with Crippen molar-refractivity contribution in [1.82, 2.24) is 5.32 Å². The number of hydrogen-bond acceptors (Lipinski definition) is 4. The highest BCUT2D eigenvalue weighted by Gasteiger charge is 2.37. The fourth-order valence-corrected chi connectivity index (χ4v) is 3.54. The third kappa shape index (κ3) is 4.67. The van der Waals surface area contributed by atoms with E-state index in [2.05, 4.69) is 5.32 Å². The number of rotatable bonds is 5. The molecule has 0 atom stereocenters. The monoisotopic (exact) mass is 444 g/mol. The van der Waals surface area contributed by atoms with Gasteiger partial charge in [0.05, 0.1) is 5.69 Å². The minimum absolute atomic E-state index is 0.0704. The molecule has 6 nitrogen and oxygen atoms in total. The first kappa shape index (κ1) is 22.0. The number of nitrogens with zero attached hydrogens (tertiary/aromatic N) is 1. The van der Waals surface area contributed by atoms with Crippen molar-refractivity contribution in [3.8, 4) is 5.75 Å². The summed E-state index contributed by atoms with van der Waals surface area (Å²) in [6, 6.07) is 17.5. The molecule has 0 bridgehead atoms. The number of aryl methyl sites for hydroxylation is 2. The number of urea groups is 1. The van der Waals surface area contributed by atoms with Crippen LogP contribution in [0.15, 0.2) is 72.3 Å². The summed E-state index contributed by atoms with van der Waals surface area (Å²) < 4.78 is 19.3. The predicted octanol–water partition coefficient (Wildman–Crippen LogP) is 4.69. The average Bonchev–Trinajstić information content (AvgIpc) is 2.78. The van der Waals surface area contributed by atoms with Crippen molar-refractivity contribution >= 4 is 29.6 Å². The Bertz CT molecular complexity index is 1280. The fraction of sp³-hybridized carbons (Fsp3) is 0.115. The number of amides is 4. The quantitative estimate of drug-likeness (QED) is 0.458. The van der Waals surface area contributed by atoms with Gasteiger partial charge in [-0.2, -0.15) is 0 Å². The van der Waals surface area contributed by atoms with Gasteiger partial charge >= 0.3 is 6.03 Å². The van der Waals surface area contributed by atoms with Gasteiger partial charge in [0.15, 0.2) is 0 Å². The van der Waals surface area contributed by atoms with Crippen LogP contribution in [0.5, 0.6) is 5.75 Å². The van der Waals surface area contributed by atoms with E-state index in [9.17, 15) is 18.8 Å². The first-order chi connectivity index (χ1) is 15.8. The molecule has 0 saturated carbocycles. The molecule has 0 radical (unpaired) electrons. The van der Waals surface area contributed by atoms with E-state index in [1.165, 1.54) is 12.1 Å². The van der Waals surface area contributed by atoms with Gasteiger partial charge in [-0.05, 0) is 55.3 Å². The van der Waals surface area contributed by atoms with Gasteiger partial charge in [0.25, 0.3) is 11.8 Å². The molecule has 7 heteroatoms. The summed E-state index contributed by atoms with van der Waals surface area (Å²) in [4.78, 5) is 38.8. The third-order valence-corrected chi connectivity index (χ3v) is 5.24. The van der Waals surface area contributed by atoms with E-state index in [0.717, 1.165) is 16.0 Å². The second kappa shape index (κ2) is 9.08. The van der Waals surface area contributed by atoms with Gasteiger partial charge < -0.3 is 4.74 Å². The molecule has 1 aliphatic heterocycles. The van der Waals surface area contributed by atoms with Crippen molar-refractivity contribution in [2.24, 2.45) is 0 Å². The van der Waals surface area contributed by atoms with Gasteiger partial charge in [-0.1, -0.05) is 48.0 Å². The van der Waals surface area contributed by atoms with E-state index in [0.29, 0.717) is 22.6 Å². The molecule has 33 heavy (non-hydrogen) atoms. The van der Waals surface area contributed by atoms with Crippen LogP contribution in [0.1, 0.15) is 22.3 Å². The van der Waals surface area contributed by atoms with Gasteiger partial charge in [-0.25, -0.2) is 14.1 Å². The molecule has 1 heterocycles. The number of anilines is 1. The number of barbiturate groups is 1. The standard InChI is InChI=1S/C26H21FN2O4/c1-16-7-12-23(17(2)13-16)29-25(31)21(24(30)28-26(29)32)14-18-8-10-20(11-9-18)33-15-19-5-3-4-6-22(19)27/h3-14H,15H2,1-2H3,(H,28,30,32)/b21-14+. The third-order valence-electron chi connectivity index (χ3n) is 5.24. The predicted molar refractivity (Wildman–Crippen MR) is 122 cm³/mol. The highest BCUT2D eigenvalue weighted by molar-refractivity contribution is 6.39. The van der Waals surface area contributed by atoms with E-state index in [4.69, 9.17) is 4.74 Å². The van der Waals surface area contributed by atoms with Crippen LogP contribution < -0.4 is 15.0 Å². The molecule has 1 aliphatic rings. The average molecular weight is 444 g/mol. The molecule has 0 aliphatic carbocycles. The Morgan fingerprint density at radius 1 is 0.970 bits per heavy atom. The van der Waals surface area contributed by atoms with Crippen LogP contribution in [0.2, 0.25) is 0 Å². The molecule has 0 spiro atoms. The Morgan fingerprint density at radius 2 is 1.70 bits per heavy atom. The van der Waals surface area contributed by atoms with E-state index in [1.54, 1.807) is 61.5 Å². The SMILES string of the molecule is Cc1ccc(N2C(=O)NC(=O)/C(=C\c3ccc(OCc4ccccc4F)cc3)C2=O)c(C)c1. The van der Waals surface area contributed by atoms with Gasteiger partial charge in [-0.15, -0.1) is 0 Å². The molecular formula is C26H21FN2O4. The molecule has 4 amide bonds. The molecule has 3 aromatic rings. The lowest BCUT2D eigenvalue weighted by molar-refractivity contribution is -0.122. The van der Waals surface area contributed by atoms with E-state index in [-0.39, 0.29) is 18.0 Å². The Kier molecular flexibility index (Phi) is 6.04. The molecule has 1 N–H and O–H groups in total. The van der Waals surface area contributed by atoms with Crippen molar-refractivity contribution in [1.29, 1.82) is 0 Å². The highest BCUT2D eigenvalue weighted by Crippen LogP contribution is 2.26. The largest absolute Gasteiger partial charge is 0.489 e. The van der Waals surface area contributed by atoms with Crippen LogP contribution in [0, 0.1) is 19.7 Å². The van der Waals surface area contributed by atoms with Crippen LogP contribution in [-0.4, -0.2) is 17.8 Å². The smallest absolute Gasteiger partial charge is 0.335 e. The fourth-order valence-electron chi connectivity index (χ4n) is 3.54. The molecule has 1 fully saturated rings. The Morgan fingerprint density at radius 3 is 2.39 bits per heavy atom.